The van der Waals surface area contributed by atoms with Crippen LogP contribution in [-0.2, 0) is 22.8 Å². The van der Waals surface area contributed by atoms with Crippen LogP contribution < -0.4 is 5.56 Å². The molecule has 2 aromatic heterocycles. The van der Waals surface area contributed by atoms with Crippen molar-refractivity contribution < 1.29 is 17.9 Å². The second-order valence-electron chi connectivity index (χ2n) is 8.10. The molecule has 0 amide bonds. The average molecular weight is 494 g/mol. The first-order chi connectivity index (χ1) is 16.7. The van der Waals surface area contributed by atoms with Gasteiger partial charge in [-0.3, -0.25) is 9.36 Å². The first-order valence-electron chi connectivity index (χ1n) is 11.1. The number of pyridine rings is 1. The molecule has 0 aliphatic rings. The van der Waals surface area contributed by atoms with Gasteiger partial charge in [-0.15, -0.1) is 0 Å². The average Bonchev–Trinajstić information content (AvgIpc) is 2.82. The van der Waals surface area contributed by atoms with Gasteiger partial charge in [-0.25, -0.2) is 13.4 Å². The molecular weight excluding hydrogens is 469 g/mol. The van der Waals surface area contributed by atoms with Gasteiger partial charge >= 0.3 is 0 Å². The van der Waals surface area contributed by atoms with E-state index in [2.05, 4.69) is 9.97 Å². The highest BCUT2D eigenvalue weighted by Gasteiger charge is 2.29. The van der Waals surface area contributed by atoms with Crippen molar-refractivity contribution in [2.24, 2.45) is 0 Å². The van der Waals surface area contributed by atoms with E-state index in [0.29, 0.717) is 35.5 Å². The highest BCUT2D eigenvalue weighted by atomic mass is 32.2. The Hall–Kier alpha value is -3.85. The first-order valence-corrected chi connectivity index (χ1v) is 12.6. The third-order valence-corrected chi connectivity index (χ3v) is 7.44. The molecule has 180 valence electrons. The van der Waals surface area contributed by atoms with Crippen LogP contribution in [0, 0.1) is 12.9 Å². The second kappa shape index (κ2) is 9.79. The van der Waals surface area contributed by atoms with E-state index in [-0.39, 0.29) is 11.4 Å². The van der Waals surface area contributed by atoms with Crippen molar-refractivity contribution in [2.75, 3.05) is 0 Å². The number of hydrogen-bond donors (Lipinski definition) is 1. The minimum absolute atomic E-state index is 0.160. The number of sulfone groups is 1. The molecule has 1 N–H and O–H groups in total. The molecule has 0 bridgehead atoms. The Morgan fingerprint density at radius 2 is 1.66 bits per heavy atom. The van der Waals surface area contributed by atoms with Gasteiger partial charge in [-0.1, -0.05) is 49.4 Å². The molecule has 0 radical (unpaired) electrons. The quantitative estimate of drug-likeness (QED) is 0.385. The summed E-state index contributed by atoms with van der Waals surface area (Å²) in [5.74, 6) is -0.931. The molecule has 4 aromatic rings. The van der Waals surface area contributed by atoms with Gasteiger partial charge in [0.1, 0.15) is 5.82 Å². The molecule has 9 heteroatoms. The van der Waals surface area contributed by atoms with Gasteiger partial charge in [0.25, 0.3) is 5.56 Å². The van der Waals surface area contributed by atoms with Gasteiger partial charge in [0, 0.05) is 17.7 Å². The van der Waals surface area contributed by atoms with Gasteiger partial charge in [-0.05, 0) is 48.7 Å². The van der Waals surface area contributed by atoms with Gasteiger partial charge in [0.15, 0.2) is 4.90 Å². The zero-order chi connectivity index (χ0) is 25.2. The molecule has 0 fully saturated rings. The number of hydrogen-bond acceptors (Lipinski definition) is 6. The van der Waals surface area contributed by atoms with E-state index in [0.717, 1.165) is 5.56 Å². The third-order valence-electron chi connectivity index (χ3n) is 5.65. The Labute approximate surface area is 202 Å². The molecule has 7 nitrogen and oxygen atoms in total. The van der Waals surface area contributed by atoms with Crippen LogP contribution in [0.4, 0.5) is 4.39 Å². The molecule has 0 aliphatic carbocycles. The molecule has 0 saturated carbocycles. The molecule has 35 heavy (non-hydrogen) atoms. The van der Waals surface area contributed by atoms with Crippen LogP contribution in [-0.4, -0.2) is 28.1 Å². The van der Waals surface area contributed by atoms with E-state index in [1.807, 2.05) is 37.3 Å². The monoisotopic (exact) mass is 493 g/mol. The fraction of sp³-hybridized carbons (Fsp3) is 0.192. The smallest absolute Gasteiger partial charge is 0.296 e. The molecule has 2 heterocycles. The van der Waals surface area contributed by atoms with Crippen molar-refractivity contribution in [3.05, 3.63) is 100 Å². The SMILES string of the molecule is CCCc1nc(=O)c(S(=O)(=O)c2ccc(-c3ccc(F)nc3C)cc2)c(O)n1Cc1ccccc1. The summed E-state index contributed by atoms with van der Waals surface area (Å²) in [4.78, 5) is 19.7. The van der Waals surface area contributed by atoms with Gasteiger partial charge in [0.2, 0.25) is 21.7 Å². The Morgan fingerprint density at radius 1 is 0.971 bits per heavy atom. The summed E-state index contributed by atoms with van der Waals surface area (Å²) in [5, 5.41) is 11.0. The molecule has 0 atom stereocenters. The molecule has 0 saturated heterocycles. The second-order valence-corrected chi connectivity index (χ2v) is 9.99. The van der Waals surface area contributed by atoms with Crippen molar-refractivity contribution in [3.8, 4) is 17.0 Å². The summed E-state index contributed by atoms with van der Waals surface area (Å²) in [7, 11) is -4.38. The van der Waals surface area contributed by atoms with Crippen LogP contribution in [0.5, 0.6) is 5.88 Å². The van der Waals surface area contributed by atoms with Crippen molar-refractivity contribution in [3.63, 3.8) is 0 Å². The van der Waals surface area contributed by atoms with Crippen LogP contribution in [0.15, 0.2) is 81.3 Å². The number of aromatic hydroxyl groups is 1. The van der Waals surface area contributed by atoms with E-state index in [4.69, 9.17) is 0 Å². The number of aromatic nitrogens is 3. The van der Waals surface area contributed by atoms with Crippen LogP contribution >= 0.6 is 0 Å². The lowest BCUT2D eigenvalue weighted by Crippen LogP contribution is -2.25. The van der Waals surface area contributed by atoms with Crippen LogP contribution in [0.25, 0.3) is 11.1 Å². The molecule has 0 spiro atoms. The van der Waals surface area contributed by atoms with Crippen molar-refractivity contribution in [1.29, 1.82) is 0 Å². The van der Waals surface area contributed by atoms with Crippen molar-refractivity contribution >= 4 is 9.84 Å². The maximum absolute atomic E-state index is 13.4. The minimum Gasteiger partial charge on any atom is -0.493 e. The lowest BCUT2D eigenvalue weighted by molar-refractivity contribution is 0.388. The standard InChI is InChI=1S/C26H24FN3O4S/c1-3-7-23-29-25(31)24(26(32)30(23)16-18-8-5-4-6-9-18)35(33,34)20-12-10-19(11-13-20)21-14-15-22(27)28-17(21)2/h4-6,8-15,32H,3,7,16H2,1-2H3. The number of rotatable bonds is 7. The van der Waals surface area contributed by atoms with E-state index in [1.165, 1.54) is 22.8 Å². The van der Waals surface area contributed by atoms with E-state index in [9.17, 15) is 22.7 Å². The Kier molecular flexibility index (Phi) is 6.79. The third kappa shape index (κ3) is 4.85. The fourth-order valence-electron chi connectivity index (χ4n) is 3.92. The Bertz CT molecular complexity index is 1530. The number of nitrogens with zero attached hydrogens (tertiary/aromatic N) is 3. The highest BCUT2D eigenvalue weighted by molar-refractivity contribution is 7.91. The number of halogens is 1. The molecule has 0 aliphatic heterocycles. The molecule has 4 rings (SSSR count). The van der Waals surface area contributed by atoms with E-state index >= 15 is 0 Å². The summed E-state index contributed by atoms with van der Waals surface area (Å²) in [6.45, 7) is 3.72. The Morgan fingerprint density at radius 3 is 2.29 bits per heavy atom. The van der Waals surface area contributed by atoms with Gasteiger partial charge in [-0.2, -0.15) is 9.37 Å². The summed E-state index contributed by atoms with van der Waals surface area (Å²) < 4.78 is 41.6. The zero-order valence-corrected chi connectivity index (χ0v) is 20.1. The largest absolute Gasteiger partial charge is 0.493 e. The fourth-order valence-corrected chi connectivity index (χ4v) is 5.27. The van der Waals surface area contributed by atoms with E-state index in [1.54, 1.807) is 25.1 Å². The summed E-state index contributed by atoms with van der Waals surface area (Å²) in [6, 6.07) is 17.8. The predicted molar refractivity (Wildman–Crippen MR) is 130 cm³/mol. The molecule has 0 unspecified atom stereocenters. The van der Waals surface area contributed by atoms with Crippen molar-refractivity contribution in [2.45, 2.75) is 43.0 Å². The first kappa shape index (κ1) is 24.3. The Balaban J connectivity index is 1.79. The lowest BCUT2D eigenvalue weighted by Gasteiger charge is -2.17. The van der Waals surface area contributed by atoms with Crippen molar-refractivity contribution in [1.82, 2.24) is 14.5 Å². The topological polar surface area (TPSA) is 102 Å². The minimum atomic E-state index is -4.38. The summed E-state index contributed by atoms with van der Waals surface area (Å²) >= 11 is 0. The number of aryl methyl sites for hydroxylation is 2. The van der Waals surface area contributed by atoms with Crippen LogP contribution in [0.2, 0.25) is 0 Å². The zero-order valence-electron chi connectivity index (χ0n) is 19.3. The summed E-state index contributed by atoms with van der Waals surface area (Å²) in [5.41, 5.74) is 1.56. The maximum atomic E-state index is 13.4. The normalized spacial score (nSPS) is 11.5. The van der Waals surface area contributed by atoms with Gasteiger partial charge < -0.3 is 5.11 Å². The molecular formula is C26H24FN3O4S. The predicted octanol–water partition coefficient (Wildman–Crippen LogP) is 4.29. The van der Waals surface area contributed by atoms with Crippen LogP contribution in [0.3, 0.4) is 0 Å². The molecule has 2 aromatic carbocycles. The van der Waals surface area contributed by atoms with Gasteiger partial charge in [0.05, 0.1) is 11.4 Å². The number of benzene rings is 2. The maximum Gasteiger partial charge on any atom is 0.296 e. The lowest BCUT2D eigenvalue weighted by atomic mass is 10.1. The van der Waals surface area contributed by atoms with Crippen LogP contribution in [0.1, 0.15) is 30.4 Å². The summed E-state index contributed by atoms with van der Waals surface area (Å²) in [6.07, 6.45) is 1.06. The highest BCUT2D eigenvalue weighted by Crippen LogP contribution is 2.29. The van der Waals surface area contributed by atoms with E-state index < -0.39 is 32.1 Å².